The van der Waals surface area contributed by atoms with E-state index in [0.29, 0.717) is 5.02 Å². The molecule has 0 saturated heterocycles. The van der Waals surface area contributed by atoms with Crippen LogP contribution < -0.4 is 10.1 Å². The maximum Gasteiger partial charge on any atom is 0.165 e. The Balaban J connectivity index is 2.39. The highest BCUT2D eigenvalue weighted by Gasteiger charge is 2.08. The van der Waals surface area contributed by atoms with Gasteiger partial charge in [0.2, 0.25) is 0 Å². The topological polar surface area (TPSA) is 21.3 Å². The molecule has 0 aliphatic heterocycles. The zero-order valence-electron chi connectivity index (χ0n) is 10.8. The molecule has 2 rings (SSSR count). The van der Waals surface area contributed by atoms with Gasteiger partial charge >= 0.3 is 0 Å². The van der Waals surface area contributed by atoms with E-state index in [2.05, 4.69) is 5.32 Å². The SMILES string of the molecule is CNCc1ccc(-c2ccc(OC)c(F)c2)c(Cl)c1. The van der Waals surface area contributed by atoms with Gasteiger partial charge in [-0.3, -0.25) is 0 Å². The van der Waals surface area contributed by atoms with Crippen LogP contribution in [0, 0.1) is 5.82 Å². The second kappa shape index (κ2) is 6.04. The Morgan fingerprint density at radius 1 is 1.21 bits per heavy atom. The second-order valence-electron chi connectivity index (χ2n) is 4.19. The van der Waals surface area contributed by atoms with Crippen molar-refractivity contribution in [2.24, 2.45) is 0 Å². The number of nitrogens with one attached hydrogen (secondary N) is 1. The molecule has 19 heavy (non-hydrogen) atoms. The summed E-state index contributed by atoms with van der Waals surface area (Å²) >= 11 is 6.24. The first-order valence-corrected chi connectivity index (χ1v) is 6.30. The number of hydrogen-bond donors (Lipinski definition) is 1. The molecule has 2 aromatic rings. The van der Waals surface area contributed by atoms with Gasteiger partial charge in [0.15, 0.2) is 11.6 Å². The molecule has 100 valence electrons. The van der Waals surface area contributed by atoms with Crippen molar-refractivity contribution < 1.29 is 9.13 Å². The first kappa shape index (κ1) is 13.8. The minimum atomic E-state index is -0.393. The van der Waals surface area contributed by atoms with Gasteiger partial charge in [-0.05, 0) is 36.4 Å². The lowest BCUT2D eigenvalue weighted by atomic mass is 10.0. The van der Waals surface area contributed by atoms with Gasteiger partial charge in [0, 0.05) is 17.1 Å². The van der Waals surface area contributed by atoms with Crippen molar-refractivity contribution in [3.63, 3.8) is 0 Å². The van der Waals surface area contributed by atoms with Gasteiger partial charge in [-0.15, -0.1) is 0 Å². The third-order valence-electron chi connectivity index (χ3n) is 2.88. The highest BCUT2D eigenvalue weighted by atomic mass is 35.5. The van der Waals surface area contributed by atoms with E-state index in [4.69, 9.17) is 16.3 Å². The molecule has 0 heterocycles. The number of hydrogen-bond acceptors (Lipinski definition) is 2. The second-order valence-corrected chi connectivity index (χ2v) is 4.60. The molecular formula is C15H15ClFNO. The summed E-state index contributed by atoms with van der Waals surface area (Å²) in [4.78, 5) is 0. The van der Waals surface area contributed by atoms with Crippen molar-refractivity contribution in [1.29, 1.82) is 0 Å². The Morgan fingerprint density at radius 3 is 2.58 bits per heavy atom. The smallest absolute Gasteiger partial charge is 0.165 e. The van der Waals surface area contributed by atoms with Crippen LogP contribution in [0.4, 0.5) is 4.39 Å². The maximum atomic E-state index is 13.7. The molecule has 0 bridgehead atoms. The zero-order valence-corrected chi connectivity index (χ0v) is 11.6. The van der Waals surface area contributed by atoms with Gasteiger partial charge in [0.05, 0.1) is 7.11 Å². The number of ether oxygens (including phenoxy) is 1. The largest absolute Gasteiger partial charge is 0.494 e. The molecule has 0 amide bonds. The van der Waals surface area contributed by atoms with Gasteiger partial charge in [-0.25, -0.2) is 4.39 Å². The maximum absolute atomic E-state index is 13.7. The van der Waals surface area contributed by atoms with Crippen LogP contribution in [0.3, 0.4) is 0 Å². The number of methoxy groups -OCH3 is 1. The molecule has 0 aliphatic rings. The van der Waals surface area contributed by atoms with Gasteiger partial charge in [0.25, 0.3) is 0 Å². The summed E-state index contributed by atoms with van der Waals surface area (Å²) in [6, 6.07) is 10.6. The lowest BCUT2D eigenvalue weighted by Gasteiger charge is -2.09. The Kier molecular flexibility index (Phi) is 4.40. The Hall–Kier alpha value is -1.58. The first-order valence-electron chi connectivity index (χ1n) is 5.92. The van der Waals surface area contributed by atoms with Gasteiger partial charge < -0.3 is 10.1 Å². The predicted molar refractivity (Wildman–Crippen MR) is 76.2 cm³/mol. The van der Waals surface area contributed by atoms with Crippen molar-refractivity contribution in [2.45, 2.75) is 6.54 Å². The molecule has 1 N–H and O–H groups in total. The van der Waals surface area contributed by atoms with E-state index in [1.54, 1.807) is 12.1 Å². The van der Waals surface area contributed by atoms with E-state index in [0.717, 1.165) is 23.2 Å². The van der Waals surface area contributed by atoms with Crippen molar-refractivity contribution in [3.8, 4) is 16.9 Å². The Morgan fingerprint density at radius 2 is 2.00 bits per heavy atom. The van der Waals surface area contributed by atoms with Gasteiger partial charge in [-0.1, -0.05) is 29.8 Å². The molecule has 2 aromatic carbocycles. The van der Waals surface area contributed by atoms with Crippen molar-refractivity contribution in [1.82, 2.24) is 5.32 Å². The number of halogens is 2. The summed E-state index contributed by atoms with van der Waals surface area (Å²) < 4.78 is 18.6. The van der Waals surface area contributed by atoms with Crippen molar-refractivity contribution in [3.05, 3.63) is 52.8 Å². The van der Waals surface area contributed by atoms with E-state index in [9.17, 15) is 4.39 Å². The monoisotopic (exact) mass is 279 g/mol. The average molecular weight is 280 g/mol. The molecule has 2 nitrogen and oxygen atoms in total. The molecule has 0 spiro atoms. The molecule has 0 aromatic heterocycles. The van der Waals surface area contributed by atoms with Crippen LogP contribution in [0.15, 0.2) is 36.4 Å². The highest BCUT2D eigenvalue weighted by Crippen LogP contribution is 2.31. The summed E-state index contributed by atoms with van der Waals surface area (Å²) in [7, 11) is 3.32. The fraction of sp³-hybridized carbons (Fsp3) is 0.200. The van der Waals surface area contributed by atoms with Crippen LogP contribution in [0.1, 0.15) is 5.56 Å². The van der Waals surface area contributed by atoms with E-state index in [1.165, 1.54) is 13.2 Å². The minimum Gasteiger partial charge on any atom is -0.494 e. The molecular weight excluding hydrogens is 265 g/mol. The third kappa shape index (κ3) is 3.06. The summed E-state index contributed by atoms with van der Waals surface area (Å²) in [6.45, 7) is 0.747. The van der Waals surface area contributed by atoms with E-state index in [1.807, 2.05) is 25.2 Å². The summed E-state index contributed by atoms with van der Waals surface area (Å²) in [5.74, 6) is -0.165. The van der Waals surface area contributed by atoms with Crippen LogP contribution >= 0.6 is 11.6 Å². The molecule has 0 unspecified atom stereocenters. The third-order valence-corrected chi connectivity index (χ3v) is 3.19. The van der Waals surface area contributed by atoms with Crippen LogP contribution in [0.2, 0.25) is 5.02 Å². The zero-order chi connectivity index (χ0) is 13.8. The lowest BCUT2D eigenvalue weighted by Crippen LogP contribution is -2.04. The average Bonchev–Trinajstić information content (AvgIpc) is 2.39. The number of rotatable bonds is 4. The standard InChI is InChI=1S/C15H15ClFNO/c1-18-9-10-3-5-12(13(16)7-10)11-4-6-15(19-2)14(17)8-11/h3-8,18H,9H2,1-2H3. The molecule has 0 aliphatic carbocycles. The summed E-state index contributed by atoms with van der Waals surface area (Å²) in [5, 5.41) is 3.67. The highest BCUT2D eigenvalue weighted by molar-refractivity contribution is 6.33. The molecule has 4 heteroatoms. The van der Waals surface area contributed by atoms with Crippen molar-refractivity contribution in [2.75, 3.05) is 14.2 Å². The Bertz CT molecular complexity index is 586. The van der Waals surface area contributed by atoms with Crippen LogP contribution in [-0.2, 0) is 6.54 Å². The van der Waals surface area contributed by atoms with Crippen molar-refractivity contribution >= 4 is 11.6 Å². The van der Waals surface area contributed by atoms with Gasteiger partial charge in [0.1, 0.15) is 0 Å². The Labute approximate surface area is 117 Å². The van der Waals surface area contributed by atoms with E-state index >= 15 is 0 Å². The van der Waals surface area contributed by atoms with Crippen LogP contribution in [-0.4, -0.2) is 14.2 Å². The normalized spacial score (nSPS) is 10.5. The van der Waals surface area contributed by atoms with E-state index in [-0.39, 0.29) is 5.75 Å². The summed E-state index contributed by atoms with van der Waals surface area (Å²) in [5.41, 5.74) is 2.63. The molecule has 0 radical (unpaired) electrons. The lowest BCUT2D eigenvalue weighted by molar-refractivity contribution is 0.386. The minimum absolute atomic E-state index is 0.228. The number of benzene rings is 2. The summed E-state index contributed by atoms with van der Waals surface area (Å²) in [6.07, 6.45) is 0. The van der Waals surface area contributed by atoms with Gasteiger partial charge in [-0.2, -0.15) is 0 Å². The quantitative estimate of drug-likeness (QED) is 0.917. The first-order chi connectivity index (χ1) is 9.15. The fourth-order valence-electron chi connectivity index (χ4n) is 1.94. The van der Waals surface area contributed by atoms with E-state index < -0.39 is 5.82 Å². The van der Waals surface area contributed by atoms with Crippen LogP contribution in [0.25, 0.3) is 11.1 Å². The molecule has 0 saturated carbocycles. The molecule has 0 fully saturated rings. The predicted octanol–water partition coefficient (Wildman–Crippen LogP) is 3.87. The fourth-order valence-corrected chi connectivity index (χ4v) is 2.25. The van der Waals surface area contributed by atoms with Crippen LogP contribution in [0.5, 0.6) is 5.75 Å². The molecule has 0 atom stereocenters.